The van der Waals surface area contributed by atoms with Crippen LogP contribution in [0.25, 0.3) is 11.3 Å². The molecule has 0 unspecified atom stereocenters. The number of hydrogen-bond donors (Lipinski definition) is 1. The van der Waals surface area contributed by atoms with Gasteiger partial charge in [0.25, 0.3) is 0 Å². The van der Waals surface area contributed by atoms with Gasteiger partial charge in [0.05, 0.1) is 18.9 Å². The molecule has 5 heteroatoms. The first-order valence-corrected chi connectivity index (χ1v) is 6.73. The van der Waals surface area contributed by atoms with Gasteiger partial charge in [0, 0.05) is 10.9 Å². The highest BCUT2D eigenvalue weighted by molar-refractivity contribution is 7.13. The largest absolute Gasteiger partial charge is 0.490 e. The van der Waals surface area contributed by atoms with Crippen molar-refractivity contribution >= 4 is 16.5 Å². The summed E-state index contributed by atoms with van der Waals surface area (Å²) >= 11 is 1.43. The number of nitrogen functional groups attached to an aromatic ring is 1. The summed E-state index contributed by atoms with van der Waals surface area (Å²) < 4.78 is 11.1. The minimum absolute atomic E-state index is 0.567. The Kier molecular flexibility index (Phi) is 4.04. The maximum Gasteiger partial charge on any atom is 0.180 e. The number of anilines is 1. The zero-order valence-electron chi connectivity index (χ0n) is 10.5. The number of hydrogen-bond acceptors (Lipinski definition) is 5. The van der Waals surface area contributed by atoms with Crippen LogP contribution in [0.1, 0.15) is 13.8 Å². The maximum atomic E-state index is 5.64. The molecule has 0 aliphatic carbocycles. The number of aromatic nitrogens is 1. The van der Waals surface area contributed by atoms with Crippen molar-refractivity contribution in [2.45, 2.75) is 13.8 Å². The third kappa shape index (κ3) is 2.73. The van der Waals surface area contributed by atoms with Gasteiger partial charge < -0.3 is 15.2 Å². The summed E-state index contributed by atoms with van der Waals surface area (Å²) in [7, 11) is 0. The van der Waals surface area contributed by atoms with Crippen molar-refractivity contribution in [1.82, 2.24) is 4.98 Å². The Morgan fingerprint density at radius 2 is 1.89 bits per heavy atom. The normalized spacial score (nSPS) is 10.3. The van der Waals surface area contributed by atoms with Gasteiger partial charge in [0.1, 0.15) is 0 Å². The number of benzene rings is 1. The van der Waals surface area contributed by atoms with Crippen molar-refractivity contribution in [3.8, 4) is 22.8 Å². The standard InChI is InChI=1S/C13H16N2O2S/c1-3-16-11-6-5-9(7-12(11)17-4-2)10-8-18-13(14)15-10/h5-8H,3-4H2,1-2H3,(H2,14,15). The molecule has 18 heavy (non-hydrogen) atoms. The lowest BCUT2D eigenvalue weighted by atomic mass is 10.1. The Hall–Kier alpha value is -1.75. The molecular formula is C13H16N2O2S. The molecule has 0 saturated carbocycles. The minimum Gasteiger partial charge on any atom is -0.490 e. The first-order valence-electron chi connectivity index (χ1n) is 5.85. The molecule has 0 aliphatic rings. The molecule has 0 saturated heterocycles. The van der Waals surface area contributed by atoms with Crippen molar-refractivity contribution in [3.63, 3.8) is 0 Å². The first kappa shape index (κ1) is 12.7. The molecule has 0 spiro atoms. The average molecular weight is 264 g/mol. The highest BCUT2D eigenvalue weighted by Gasteiger charge is 2.09. The minimum atomic E-state index is 0.567. The van der Waals surface area contributed by atoms with E-state index >= 15 is 0 Å². The van der Waals surface area contributed by atoms with E-state index in [0.717, 1.165) is 22.8 Å². The lowest BCUT2D eigenvalue weighted by Crippen LogP contribution is -1.98. The molecule has 2 rings (SSSR count). The van der Waals surface area contributed by atoms with E-state index in [1.54, 1.807) is 0 Å². The molecule has 0 atom stereocenters. The fourth-order valence-electron chi connectivity index (χ4n) is 1.63. The zero-order chi connectivity index (χ0) is 13.0. The highest BCUT2D eigenvalue weighted by atomic mass is 32.1. The van der Waals surface area contributed by atoms with Crippen LogP contribution in [0.15, 0.2) is 23.6 Å². The topological polar surface area (TPSA) is 57.4 Å². The molecule has 0 fully saturated rings. The Morgan fingerprint density at radius 3 is 2.50 bits per heavy atom. The van der Waals surface area contributed by atoms with Crippen LogP contribution in [0.4, 0.5) is 5.13 Å². The van der Waals surface area contributed by atoms with Gasteiger partial charge in [0.15, 0.2) is 16.6 Å². The van der Waals surface area contributed by atoms with Gasteiger partial charge in [-0.15, -0.1) is 11.3 Å². The summed E-state index contributed by atoms with van der Waals surface area (Å²) in [4.78, 5) is 4.26. The quantitative estimate of drug-likeness (QED) is 0.901. The van der Waals surface area contributed by atoms with E-state index in [9.17, 15) is 0 Å². The summed E-state index contributed by atoms with van der Waals surface area (Å²) in [5.41, 5.74) is 7.49. The number of rotatable bonds is 5. The van der Waals surface area contributed by atoms with Crippen molar-refractivity contribution < 1.29 is 9.47 Å². The molecule has 0 aliphatic heterocycles. The van der Waals surface area contributed by atoms with Crippen LogP contribution in [0, 0.1) is 0 Å². The molecule has 1 heterocycles. The van der Waals surface area contributed by atoms with Gasteiger partial charge in [-0.2, -0.15) is 0 Å². The molecular weight excluding hydrogens is 248 g/mol. The first-order chi connectivity index (χ1) is 8.74. The van der Waals surface area contributed by atoms with E-state index in [2.05, 4.69) is 4.98 Å². The second-order valence-corrected chi connectivity index (χ2v) is 4.49. The predicted molar refractivity (Wildman–Crippen MR) is 74.3 cm³/mol. The second-order valence-electron chi connectivity index (χ2n) is 3.60. The molecule has 1 aromatic heterocycles. The lowest BCUT2D eigenvalue weighted by molar-refractivity contribution is 0.288. The van der Waals surface area contributed by atoms with Gasteiger partial charge in [0.2, 0.25) is 0 Å². The van der Waals surface area contributed by atoms with Gasteiger partial charge in [-0.05, 0) is 32.0 Å². The Bertz CT molecular complexity index is 525. The lowest BCUT2D eigenvalue weighted by Gasteiger charge is -2.11. The van der Waals surface area contributed by atoms with Gasteiger partial charge in [-0.1, -0.05) is 0 Å². The number of nitrogens with zero attached hydrogens (tertiary/aromatic N) is 1. The smallest absolute Gasteiger partial charge is 0.180 e. The van der Waals surface area contributed by atoms with E-state index in [1.165, 1.54) is 11.3 Å². The zero-order valence-corrected chi connectivity index (χ0v) is 11.3. The fourth-order valence-corrected chi connectivity index (χ4v) is 2.20. The van der Waals surface area contributed by atoms with E-state index in [-0.39, 0.29) is 0 Å². The molecule has 1 aromatic carbocycles. The van der Waals surface area contributed by atoms with Crippen LogP contribution in [0.5, 0.6) is 11.5 Å². The summed E-state index contributed by atoms with van der Waals surface area (Å²) in [6, 6.07) is 5.80. The van der Waals surface area contributed by atoms with Crippen molar-refractivity contribution in [2.75, 3.05) is 18.9 Å². The monoisotopic (exact) mass is 264 g/mol. The number of nitrogens with two attached hydrogens (primary N) is 1. The summed E-state index contributed by atoms with van der Waals surface area (Å²) in [5, 5.41) is 2.50. The SMILES string of the molecule is CCOc1ccc(-c2csc(N)n2)cc1OCC. The van der Waals surface area contributed by atoms with Crippen LogP contribution in [0.3, 0.4) is 0 Å². The Labute approximate surface area is 110 Å². The molecule has 2 N–H and O–H groups in total. The maximum absolute atomic E-state index is 5.64. The molecule has 96 valence electrons. The van der Waals surface area contributed by atoms with Crippen molar-refractivity contribution in [3.05, 3.63) is 23.6 Å². The summed E-state index contributed by atoms with van der Waals surface area (Å²) in [5.74, 6) is 1.50. The Balaban J connectivity index is 2.35. The van der Waals surface area contributed by atoms with Crippen molar-refractivity contribution in [2.24, 2.45) is 0 Å². The van der Waals surface area contributed by atoms with E-state index < -0.39 is 0 Å². The van der Waals surface area contributed by atoms with Crippen LogP contribution in [-0.2, 0) is 0 Å². The van der Waals surface area contributed by atoms with Crippen LogP contribution in [-0.4, -0.2) is 18.2 Å². The molecule has 4 nitrogen and oxygen atoms in total. The molecule has 0 radical (unpaired) electrons. The third-order valence-corrected chi connectivity index (χ3v) is 3.03. The van der Waals surface area contributed by atoms with Gasteiger partial charge in [-0.25, -0.2) is 4.98 Å². The molecule has 0 amide bonds. The van der Waals surface area contributed by atoms with Gasteiger partial charge in [-0.3, -0.25) is 0 Å². The number of thiazole rings is 1. The van der Waals surface area contributed by atoms with E-state index in [1.807, 2.05) is 37.4 Å². The summed E-state index contributed by atoms with van der Waals surface area (Å²) in [6.07, 6.45) is 0. The van der Waals surface area contributed by atoms with E-state index in [4.69, 9.17) is 15.2 Å². The van der Waals surface area contributed by atoms with E-state index in [0.29, 0.717) is 18.3 Å². The third-order valence-electron chi connectivity index (χ3n) is 2.36. The fraction of sp³-hybridized carbons (Fsp3) is 0.308. The molecule has 2 aromatic rings. The highest BCUT2D eigenvalue weighted by Crippen LogP contribution is 2.33. The number of ether oxygens (including phenoxy) is 2. The van der Waals surface area contributed by atoms with Crippen LogP contribution >= 0.6 is 11.3 Å². The average Bonchev–Trinajstić information content (AvgIpc) is 2.79. The van der Waals surface area contributed by atoms with Crippen LogP contribution in [0.2, 0.25) is 0 Å². The predicted octanol–water partition coefficient (Wildman–Crippen LogP) is 3.19. The second kappa shape index (κ2) is 5.73. The Morgan fingerprint density at radius 1 is 1.17 bits per heavy atom. The van der Waals surface area contributed by atoms with Gasteiger partial charge >= 0.3 is 0 Å². The molecule has 0 bridgehead atoms. The van der Waals surface area contributed by atoms with Crippen LogP contribution < -0.4 is 15.2 Å². The summed E-state index contributed by atoms with van der Waals surface area (Å²) in [6.45, 7) is 5.11. The van der Waals surface area contributed by atoms with Crippen molar-refractivity contribution in [1.29, 1.82) is 0 Å².